The highest BCUT2D eigenvalue weighted by atomic mass is 32.3. The van der Waals surface area contributed by atoms with Gasteiger partial charge >= 0.3 is 10.1 Å². The molecule has 9 heavy (non-hydrogen) atoms. The predicted octanol–water partition coefficient (Wildman–Crippen LogP) is -0.831. The third-order valence-corrected chi connectivity index (χ3v) is 5.03. The molecule has 0 bridgehead atoms. The fourth-order valence-corrected chi connectivity index (χ4v) is 2.89. The van der Waals surface area contributed by atoms with Gasteiger partial charge < -0.3 is 0 Å². The normalized spacial score (nSPS) is 40.0. The highest BCUT2D eigenvalue weighted by molar-refractivity contribution is 8.28. The summed E-state index contributed by atoms with van der Waals surface area (Å²) in [5.74, 6) is 0. The highest BCUT2D eigenvalue weighted by Crippen LogP contribution is 2.16. The van der Waals surface area contributed by atoms with Gasteiger partial charge in [-0.05, 0) is 6.92 Å². The minimum absolute atomic E-state index is 0.505. The van der Waals surface area contributed by atoms with E-state index in [9.17, 15) is 12.6 Å². The summed E-state index contributed by atoms with van der Waals surface area (Å²) in [5.41, 5.74) is 0. The molecule has 0 aromatic heterocycles. The van der Waals surface area contributed by atoms with E-state index in [0.717, 1.165) is 6.92 Å². The lowest BCUT2D eigenvalue weighted by Crippen LogP contribution is -2.36. The summed E-state index contributed by atoms with van der Waals surface area (Å²) in [4.78, 5) is 0. The first-order valence-corrected chi connectivity index (χ1v) is 4.77. The first kappa shape index (κ1) is 7.00. The zero-order valence-corrected chi connectivity index (χ0v) is 6.03. The standard InChI is InChI=1S/C2H4O5S2/c1-2-8(3,4)7-9(2,5)6/h1H3,(H,3,4). The van der Waals surface area contributed by atoms with Crippen molar-refractivity contribution in [1.82, 2.24) is 0 Å². The van der Waals surface area contributed by atoms with Gasteiger partial charge in [0.2, 0.25) is 10.1 Å². The molecule has 1 aliphatic rings. The SMILES string of the molecule is CC1=S(=O)(O)OS1(=O)=O. The van der Waals surface area contributed by atoms with Gasteiger partial charge in [-0.3, -0.25) is 4.55 Å². The van der Waals surface area contributed by atoms with Gasteiger partial charge in [0, 0.05) is 0 Å². The van der Waals surface area contributed by atoms with Crippen molar-refractivity contribution in [1.29, 1.82) is 0 Å². The second kappa shape index (κ2) is 1.48. The molecule has 0 aliphatic carbocycles. The van der Waals surface area contributed by atoms with Crippen molar-refractivity contribution in [3.05, 3.63) is 0 Å². The lowest BCUT2D eigenvalue weighted by Gasteiger charge is -2.15. The van der Waals surface area contributed by atoms with Crippen LogP contribution >= 0.6 is 0 Å². The van der Waals surface area contributed by atoms with Gasteiger partial charge in [0.05, 0.1) is 0 Å². The molecule has 0 aromatic carbocycles. The Morgan fingerprint density at radius 2 is 1.89 bits per heavy atom. The van der Waals surface area contributed by atoms with Crippen molar-refractivity contribution in [2.45, 2.75) is 6.92 Å². The average Bonchev–Trinajstić information content (AvgIpc) is 1.63. The van der Waals surface area contributed by atoms with E-state index < -0.39 is 24.4 Å². The molecule has 1 rings (SSSR count). The summed E-state index contributed by atoms with van der Waals surface area (Å²) < 4.78 is 42.3. The van der Waals surface area contributed by atoms with Crippen molar-refractivity contribution in [3.63, 3.8) is 0 Å². The van der Waals surface area contributed by atoms with Gasteiger partial charge in [0.15, 0.2) is 4.20 Å². The maximum atomic E-state index is 10.3. The van der Waals surface area contributed by atoms with Crippen LogP contribution in [0.1, 0.15) is 6.92 Å². The second-order valence-electron chi connectivity index (χ2n) is 1.49. The van der Waals surface area contributed by atoms with Gasteiger partial charge in [-0.2, -0.15) is 8.42 Å². The molecular formula is C2H4O5S2. The van der Waals surface area contributed by atoms with Crippen molar-refractivity contribution in [3.8, 4) is 0 Å². The van der Waals surface area contributed by atoms with E-state index >= 15 is 0 Å². The zero-order valence-electron chi connectivity index (χ0n) is 4.40. The number of hydrogen-bond acceptors (Lipinski definition) is 4. The largest absolute Gasteiger partial charge is 0.319 e. The summed E-state index contributed by atoms with van der Waals surface area (Å²) in [6, 6.07) is 0. The van der Waals surface area contributed by atoms with E-state index in [1.54, 1.807) is 0 Å². The van der Waals surface area contributed by atoms with E-state index in [2.05, 4.69) is 3.63 Å². The summed E-state index contributed by atoms with van der Waals surface area (Å²) in [7, 11) is -7.37. The Bertz CT molecular complexity index is 339. The Balaban J connectivity index is 3.49. The third-order valence-electron chi connectivity index (χ3n) is 0.897. The van der Waals surface area contributed by atoms with Crippen molar-refractivity contribution >= 4 is 24.4 Å². The van der Waals surface area contributed by atoms with Crippen LogP contribution in [0.5, 0.6) is 0 Å². The maximum Gasteiger partial charge on any atom is 0.319 e. The first-order chi connectivity index (χ1) is 3.86. The van der Waals surface area contributed by atoms with E-state index in [0.29, 0.717) is 0 Å². The van der Waals surface area contributed by atoms with E-state index in [1.165, 1.54) is 0 Å². The molecule has 0 aromatic rings. The van der Waals surface area contributed by atoms with E-state index in [4.69, 9.17) is 4.55 Å². The molecule has 1 atom stereocenters. The van der Waals surface area contributed by atoms with Crippen LogP contribution in [0.4, 0.5) is 0 Å². The number of hydrogen-bond donors (Lipinski definition) is 1. The van der Waals surface area contributed by atoms with Gasteiger partial charge in [-0.1, -0.05) is 0 Å². The summed E-state index contributed by atoms with van der Waals surface area (Å²) in [6.07, 6.45) is 0. The molecule has 1 N–H and O–H groups in total. The summed E-state index contributed by atoms with van der Waals surface area (Å²) in [6.45, 7) is 1.04. The van der Waals surface area contributed by atoms with Gasteiger partial charge in [0.1, 0.15) is 0 Å². The predicted molar refractivity (Wildman–Crippen MR) is 31.5 cm³/mol. The van der Waals surface area contributed by atoms with E-state index in [1.807, 2.05) is 0 Å². The fourth-order valence-electron chi connectivity index (χ4n) is 0.322. The van der Waals surface area contributed by atoms with Crippen LogP contribution < -0.4 is 0 Å². The molecule has 0 fully saturated rings. The van der Waals surface area contributed by atoms with Gasteiger partial charge in [0.25, 0.3) is 0 Å². The molecular weight excluding hydrogens is 168 g/mol. The first-order valence-electron chi connectivity index (χ1n) is 1.92. The van der Waals surface area contributed by atoms with Crippen LogP contribution in [-0.2, 0) is 23.8 Å². The fraction of sp³-hybridized carbons (Fsp3) is 0.500. The van der Waals surface area contributed by atoms with Crippen molar-refractivity contribution in [2.24, 2.45) is 0 Å². The molecule has 1 aliphatic heterocycles. The molecule has 0 radical (unpaired) electrons. The molecule has 1 unspecified atom stereocenters. The molecule has 0 spiro atoms. The zero-order chi connectivity index (χ0) is 7.28. The molecule has 5 nitrogen and oxygen atoms in total. The van der Waals surface area contributed by atoms with Crippen LogP contribution in [0.2, 0.25) is 0 Å². The Morgan fingerprint density at radius 1 is 1.44 bits per heavy atom. The Morgan fingerprint density at radius 3 is 1.89 bits per heavy atom. The minimum atomic E-state index is -3.78. The average molecular weight is 172 g/mol. The van der Waals surface area contributed by atoms with Crippen LogP contribution in [0.15, 0.2) is 0 Å². The van der Waals surface area contributed by atoms with Gasteiger partial charge in [-0.15, -0.1) is 3.63 Å². The van der Waals surface area contributed by atoms with Crippen molar-refractivity contribution in [2.75, 3.05) is 0 Å². The molecule has 54 valence electrons. The third kappa shape index (κ3) is 0.855. The monoisotopic (exact) mass is 172 g/mol. The molecule has 0 amide bonds. The van der Waals surface area contributed by atoms with Crippen LogP contribution in [0.3, 0.4) is 0 Å². The summed E-state index contributed by atoms with van der Waals surface area (Å²) >= 11 is 0. The lowest BCUT2D eigenvalue weighted by atomic mass is 11.0. The Labute approximate surface area is 52.8 Å². The Hall–Kier alpha value is -0.110. The Kier molecular flexibility index (Phi) is 1.15. The number of rotatable bonds is 0. The molecule has 7 heteroatoms. The second-order valence-corrected chi connectivity index (χ2v) is 5.37. The summed E-state index contributed by atoms with van der Waals surface area (Å²) in [5, 5.41) is 0. The maximum absolute atomic E-state index is 10.3. The lowest BCUT2D eigenvalue weighted by molar-refractivity contribution is 0.435. The molecule has 1 heterocycles. The topological polar surface area (TPSA) is 80.7 Å². The molecule has 0 saturated carbocycles. The minimum Gasteiger partial charge on any atom is -0.292 e. The van der Waals surface area contributed by atoms with E-state index in [-0.39, 0.29) is 0 Å². The highest BCUT2D eigenvalue weighted by Gasteiger charge is 2.38. The van der Waals surface area contributed by atoms with Crippen LogP contribution in [0.25, 0.3) is 0 Å². The van der Waals surface area contributed by atoms with Gasteiger partial charge in [-0.25, -0.2) is 4.21 Å². The smallest absolute Gasteiger partial charge is 0.292 e. The molecule has 0 saturated heterocycles. The van der Waals surface area contributed by atoms with Crippen LogP contribution in [-0.4, -0.2) is 21.4 Å². The van der Waals surface area contributed by atoms with Crippen molar-refractivity contribution < 1.29 is 20.8 Å². The quantitative estimate of drug-likeness (QED) is 0.482. The van der Waals surface area contributed by atoms with Crippen LogP contribution in [0, 0.1) is 0 Å².